The highest BCUT2D eigenvalue weighted by molar-refractivity contribution is 7.89. The van der Waals surface area contributed by atoms with Gasteiger partial charge in [-0.05, 0) is 25.1 Å². The van der Waals surface area contributed by atoms with Crippen molar-refractivity contribution in [2.24, 2.45) is 0 Å². The number of hydrogen-bond donors (Lipinski definition) is 3. The van der Waals surface area contributed by atoms with Gasteiger partial charge in [-0.1, -0.05) is 0 Å². The molecule has 2 aromatic rings. The molecule has 0 amide bonds. The second-order valence-corrected chi connectivity index (χ2v) is 5.77. The Morgan fingerprint density at radius 2 is 2.21 bits per heavy atom. The molecule has 0 unspecified atom stereocenters. The fourth-order valence-corrected chi connectivity index (χ4v) is 2.88. The zero-order valence-corrected chi connectivity index (χ0v) is 11.0. The third kappa shape index (κ3) is 2.91. The molecule has 0 fully saturated rings. The molecule has 8 heteroatoms. The minimum absolute atomic E-state index is 0.0336. The molecule has 0 atom stereocenters. The Morgan fingerprint density at radius 1 is 1.47 bits per heavy atom. The van der Waals surface area contributed by atoms with E-state index >= 15 is 0 Å². The first-order valence-electron chi connectivity index (χ1n) is 5.43. The topological polar surface area (TPSA) is 101 Å². The van der Waals surface area contributed by atoms with Gasteiger partial charge in [0.1, 0.15) is 5.82 Å². The maximum absolute atomic E-state index is 13.5. The lowest BCUT2D eigenvalue weighted by molar-refractivity contribution is 0.574. The molecule has 0 saturated carbocycles. The Bertz CT molecular complexity index is 683. The maximum atomic E-state index is 13.5. The number of aromatic amines is 1. The zero-order chi connectivity index (χ0) is 14.0. The Hall–Kier alpha value is -1.93. The number of nitrogens with one attached hydrogen (secondary N) is 2. The SMILES string of the molecule is Cc1c(F)cc(N)cc1S(=O)(=O)NCc1ccn[nH]1. The number of benzene rings is 1. The van der Waals surface area contributed by atoms with E-state index in [2.05, 4.69) is 14.9 Å². The van der Waals surface area contributed by atoms with Crippen LogP contribution in [0.2, 0.25) is 0 Å². The number of nitrogens with zero attached hydrogens (tertiary/aromatic N) is 1. The molecule has 19 heavy (non-hydrogen) atoms. The molecule has 4 N–H and O–H groups in total. The highest BCUT2D eigenvalue weighted by Gasteiger charge is 2.19. The third-order valence-electron chi connectivity index (χ3n) is 2.62. The fraction of sp³-hybridized carbons (Fsp3) is 0.182. The molecule has 0 bridgehead atoms. The molecule has 102 valence electrons. The Kier molecular flexibility index (Phi) is 3.54. The standard InChI is InChI=1S/C11H13FN4O2S/c1-7-10(12)4-8(13)5-11(7)19(17,18)15-6-9-2-3-14-16-9/h2-5,15H,6,13H2,1H3,(H,14,16). The summed E-state index contributed by atoms with van der Waals surface area (Å²) in [6.45, 7) is 1.43. The summed E-state index contributed by atoms with van der Waals surface area (Å²) in [6, 6.07) is 3.95. The second-order valence-electron chi connectivity index (χ2n) is 4.03. The van der Waals surface area contributed by atoms with Crippen LogP contribution in [-0.4, -0.2) is 18.6 Å². The van der Waals surface area contributed by atoms with Crippen LogP contribution in [0.3, 0.4) is 0 Å². The van der Waals surface area contributed by atoms with Gasteiger partial charge < -0.3 is 5.73 Å². The maximum Gasteiger partial charge on any atom is 0.241 e. The van der Waals surface area contributed by atoms with Crippen LogP contribution in [0.15, 0.2) is 29.3 Å². The van der Waals surface area contributed by atoms with E-state index in [1.165, 1.54) is 19.2 Å². The molecular formula is C11H13FN4O2S. The molecule has 0 radical (unpaired) electrons. The summed E-state index contributed by atoms with van der Waals surface area (Å²) in [5.74, 6) is -0.651. The molecule has 0 spiro atoms. The summed E-state index contributed by atoms with van der Waals surface area (Å²) in [7, 11) is -3.83. The van der Waals surface area contributed by atoms with E-state index in [0.717, 1.165) is 6.07 Å². The van der Waals surface area contributed by atoms with E-state index < -0.39 is 15.8 Å². The van der Waals surface area contributed by atoms with Crippen molar-refractivity contribution in [2.75, 3.05) is 5.73 Å². The molecule has 6 nitrogen and oxygen atoms in total. The molecule has 1 aromatic heterocycles. The molecule has 2 rings (SSSR count). The van der Waals surface area contributed by atoms with Crippen molar-refractivity contribution in [1.29, 1.82) is 0 Å². The van der Waals surface area contributed by atoms with Crippen LogP contribution in [-0.2, 0) is 16.6 Å². The third-order valence-corrected chi connectivity index (χ3v) is 4.15. The first kappa shape index (κ1) is 13.5. The average Bonchev–Trinajstić information content (AvgIpc) is 2.84. The molecular weight excluding hydrogens is 271 g/mol. The van der Waals surface area contributed by atoms with Crippen LogP contribution in [0.4, 0.5) is 10.1 Å². The number of rotatable bonds is 4. The Balaban J connectivity index is 2.29. The van der Waals surface area contributed by atoms with Crippen molar-refractivity contribution in [3.8, 4) is 0 Å². The van der Waals surface area contributed by atoms with E-state index in [9.17, 15) is 12.8 Å². The first-order valence-corrected chi connectivity index (χ1v) is 6.92. The van der Waals surface area contributed by atoms with Gasteiger partial charge >= 0.3 is 0 Å². The molecule has 1 heterocycles. The highest BCUT2D eigenvalue weighted by Crippen LogP contribution is 2.21. The molecule has 0 saturated heterocycles. The fourth-order valence-electron chi connectivity index (χ4n) is 1.59. The number of sulfonamides is 1. The lowest BCUT2D eigenvalue weighted by Crippen LogP contribution is -2.24. The van der Waals surface area contributed by atoms with Gasteiger partial charge in [-0.2, -0.15) is 5.10 Å². The number of nitrogens with two attached hydrogens (primary N) is 1. The summed E-state index contributed by atoms with van der Waals surface area (Å²) in [5, 5.41) is 6.32. The average molecular weight is 284 g/mol. The van der Waals surface area contributed by atoms with Gasteiger partial charge in [-0.25, -0.2) is 17.5 Å². The second kappa shape index (κ2) is 4.98. The van der Waals surface area contributed by atoms with Gasteiger partial charge in [-0.15, -0.1) is 0 Å². The van der Waals surface area contributed by atoms with E-state index in [4.69, 9.17) is 5.73 Å². The number of aromatic nitrogens is 2. The van der Waals surface area contributed by atoms with E-state index in [-0.39, 0.29) is 22.7 Å². The van der Waals surface area contributed by atoms with Crippen molar-refractivity contribution in [2.45, 2.75) is 18.4 Å². The molecule has 0 aliphatic rings. The van der Waals surface area contributed by atoms with Crippen LogP contribution in [0.1, 0.15) is 11.3 Å². The van der Waals surface area contributed by atoms with E-state index in [1.807, 2.05) is 0 Å². The minimum atomic E-state index is -3.83. The first-order chi connectivity index (χ1) is 8.90. The number of halogens is 1. The number of H-pyrrole nitrogens is 1. The lowest BCUT2D eigenvalue weighted by Gasteiger charge is -2.10. The van der Waals surface area contributed by atoms with Gasteiger partial charge in [0.05, 0.1) is 17.1 Å². The van der Waals surface area contributed by atoms with E-state index in [0.29, 0.717) is 5.69 Å². The monoisotopic (exact) mass is 284 g/mol. The minimum Gasteiger partial charge on any atom is -0.399 e. The largest absolute Gasteiger partial charge is 0.399 e. The summed E-state index contributed by atoms with van der Waals surface area (Å²) >= 11 is 0. The Labute approximate surface area is 109 Å². The van der Waals surface area contributed by atoms with Crippen LogP contribution in [0.25, 0.3) is 0 Å². The van der Waals surface area contributed by atoms with Crippen molar-refractivity contribution < 1.29 is 12.8 Å². The molecule has 0 aliphatic carbocycles. The predicted octanol–water partition coefficient (Wildman–Crippen LogP) is 0.918. The quantitative estimate of drug-likeness (QED) is 0.727. The highest BCUT2D eigenvalue weighted by atomic mass is 32.2. The van der Waals surface area contributed by atoms with Crippen LogP contribution >= 0.6 is 0 Å². The van der Waals surface area contributed by atoms with Gasteiger partial charge in [0.2, 0.25) is 10.0 Å². The van der Waals surface area contributed by atoms with Crippen molar-refractivity contribution in [3.05, 3.63) is 41.5 Å². The van der Waals surface area contributed by atoms with Crippen molar-refractivity contribution in [3.63, 3.8) is 0 Å². The van der Waals surface area contributed by atoms with Gasteiger partial charge in [-0.3, -0.25) is 5.10 Å². The summed E-state index contributed by atoms with van der Waals surface area (Å²) in [5.41, 5.74) is 6.16. The summed E-state index contributed by atoms with van der Waals surface area (Å²) in [4.78, 5) is -0.162. The smallest absolute Gasteiger partial charge is 0.241 e. The van der Waals surface area contributed by atoms with Crippen molar-refractivity contribution in [1.82, 2.24) is 14.9 Å². The van der Waals surface area contributed by atoms with Crippen molar-refractivity contribution >= 4 is 15.7 Å². The van der Waals surface area contributed by atoms with E-state index in [1.54, 1.807) is 6.07 Å². The van der Waals surface area contributed by atoms with Gasteiger partial charge in [0, 0.05) is 17.4 Å². The normalized spacial score (nSPS) is 11.7. The summed E-state index contributed by atoms with van der Waals surface area (Å²) < 4.78 is 40.0. The predicted molar refractivity (Wildman–Crippen MR) is 68.2 cm³/mol. The van der Waals surface area contributed by atoms with Crippen LogP contribution in [0.5, 0.6) is 0 Å². The van der Waals surface area contributed by atoms with Gasteiger partial charge in [0.15, 0.2) is 0 Å². The number of nitrogen functional groups attached to an aromatic ring is 1. The number of anilines is 1. The molecule has 1 aromatic carbocycles. The van der Waals surface area contributed by atoms with Crippen LogP contribution in [0, 0.1) is 12.7 Å². The molecule has 0 aliphatic heterocycles. The number of hydrogen-bond acceptors (Lipinski definition) is 4. The zero-order valence-electron chi connectivity index (χ0n) is 10.1. The van der Waals surface area contributed by atoms with Crippen LogP contribution < -0.4 is 10.5 Å². The lowest BCUT2D eigenvalue weighted by atomic mass is 10.2. The van der Waals surface area contributed by atoms with Gasteiger partial charge in [0.25, 0.3) is 0 Å². The summed E-state index contributed by atoms with van der Waals surface area (Å²) in [6.07, 6.45) is 1.51. The Morgan fingerprint density at radius 3 is 2.84 bits per heavy atom.